The second-order valence-electron chi connectivity index (χ2n) is 4.54. The van der Waals surface area contributed by atoms with Gasteiger partial charge in [0.1, 0.15) is 5.75 Å². The molecule has 1 rings (SSSR count). The van der Waals surface area contributed by atoms with Gasteiger partial charge in [-0.2, -0.15) is 0 Å². The first-order chi connectivity index (χ1) is 8.58. The van der Waals surface area contributed by atoms with Crippen molar-refractivity contribution in [1.29, 1.82) is 0 Å². The van der Waals surface area contributed by atoms with Crippen LogP contribution in [-0.2, 0) is 9.53 Å². The van der Waals surface area contributed by atoms with Crippen molar-refractivity contribution in [2.45, 2.75) is 46.1 Å². The number of ether oxygens (including phenoxy) is 2. The van der Waals surface area contributed by atoms with Crippen LogP contribution in [-0.4, -0.2) is 19.2 Å². The number of methoxy groups -OCH3 is 1. The number of carbonyl (C=O) groups excluding carboxylic acids is 1. The van der Waals surface area contributed by atoms with E-state index in [1.807, 2.05) is 32.0 Å². The average Bonchev–Trinajstić information content (AvgIpc) is 2.36. The van der Waals surface area contributed by atoms with Crippen LogP contribution in [0.4, 0.5) is 0 Å². The van der Waals surface area contributed by atoms with Crippen molar-refractivity contribution in [3.05, 3.63) is 29.3 Å². The molecule has 0 bridgehead atoms. The van der Waals surface area contributed by atoms with Gasteiger partial charge in [-0.05, 0) is 38.3 Å². The fourth-order valence-electron chi connectivity index (χ4n) is 1.83. The van der Waals surface area contributed by atoms with Crippen LogP contribution in [0.3, 0.4) is 0 Å². The lowest BCUT2D eigenvalue weighted by molar-refractivity contribution is -0.149. The minimum Gasteiger partial charge on any atom is -0.478 e. The highest BCUT2D eigenvalue weighted by Crippen LogP contribution is 2.21. The second kappa shape index (κ2) is 7.04. The smallest absolute Gasteiger partial charge is 0.347 e. The lowest BCUT2D eigenvalue weighted by atomic mass is 10.1. The largest absolute Gasteiger partial charge is 0.478 e. The van der Waals surface area contributed by atoms with E-state index >= 15 is 0 Å². The van der Waals surface area contributed by atoms with Gasteiger partial charge in [0.15, 0.2) is 6.10 Å². The van der Waals surface area contributed by atoms with Crippen LogP contribution in [0.25, 0.3) is 0 Å². The summed E-state index contributed by atoms with van der Waals surface area (Å²) in [6, 6.07) is 5.94. The van der Waals surface area contributed by atoms with Crippen LogP contribution in [0.1, 0.15) is 37.3 Å². The SMILES string of the molecule is CCCCC(Oc1ccc(C)cc1C)C(=O)OC. The topological polar surface area (TPSA) is 35.5 Å². The Morgan fingerprint density at radius 1 is 1.33 bits per heavy atom. The Morgan fingerprint density at radius 2 is 2.06 bits per heavy atom. The molecular formula is C15H22O3. The van der Waals surface area contributed by atoms with Gasteiger partial charge in [0.25, 0.3) is 0 Å². The molecule has 0 N–H and O–H groups in total. The van der Waals surface area contributed by atoms with E-state index < -0.39 is 6.10 Å². The monoisotopic (exact) mass is 250 g/mol. The summed E-state index contributed by atoms with van der Waals surface area (Å²) in [7, 11) is 1.40. The zero-order valence-electron chi connectivity index (χ0n) is 11.7. The van der Waals surface area contributed by atoms with Gasteiger partial charge in [-0.1, -0.05) is 31.0 Å². The summed E-state index contributed by atoms with van der Waals surface area (Å²) in [5, 5.41) is 0. The van der Waals surface area contributed by atoms with Crippen molar-refractivity contribution in [2.75, 3.05) is 7.11 Å². The summed E-state index contributed by atoms with van der Waals surface area (Å²) >= 11 is 0. The van der Waals surface area contributed by atoms with Crippen molar-refractivity contribution in [1.82, 2.24) is 0 Å². The Hall–Kier alpha value is -1.51. The highest BCUT2D eigenvalue weighted by molar-refractivity contribution is 5.75. The second-order valence-corrected chi connectivity index (χ2v) is 4.54. The van der Waals surface area contributed by atoms with Crippen molar-refractivity contribution < 1.29 is 14.3 Å². The van der Waals surface area contributed by atoms with Crippen LogP contribution in [0.2, 0.25) is 0 Å². The molecule has 1 aromatic rings. The van der Waals surface area contributed by atoms with Crippen LogP contribution >= 0.6 is 0 Å². The van der Waals surface area contributed by atoms with E-state index in [-0.39, 0.29) is 5.97 Å². The molecule has 3 heteroatoms. The van der Waals surface area contributed by atoms with E-state index in [1.165, 1.54) is 12.7 Å². The number of hydrogen-bond donors (Lipinski definition) is 0. The maximum atomic E-state index is 11.7. The zero-order chi connectivity index (χ0) is 13.5. The minimum atomic E-state index is -0.503. The summed E-state index contributed by atoms with van der Waals surface area (Å²) in [5.41, 5.74) is 2.23. The predicted octanol–water partition coefficient (Wildman–Crippen LogP) is 3.41. The number of hydrogen-bond acceptors (Lipinski definition) is 3. The zero-order valence-corrected chi connectivity index (χ0v) is 11.7. The van der Waals surface area contributed by atoms with Gasteiger partial charge in [0, 0.05) is 0 Å². The van der Waals surface area contributed by atoms with Gasteiger partial charge >= 0.3 is 5.97 Å². The molecule has 0 saturated heterocycles. The number of esters is 1. The van der Waals surface area contributed by atoms with E-state index in [2.05, 4.69) is 6.92 Å². The fraction of sp³-hybridized carbons (Fsp3) is 0.533. The normalized spacial score (nSPS) is 12.0. The van der Waals surface area contributed by atoms with Gasteiger partial charge in [-0.25, -0.2) is 4.79 Å². The van der Waals surface area contributed by atoms with Gasteiger partial charge in [-0.15, -0.1) is 0 Å². The summed E-state index contributed by atoms with van der Waals surface area (Å²) in [6.07, 6.45) is 2.17. The van der Waals surface area contributed by atoms with Gasteiger partial charge in [-0.3, -0.25) is 0 Å². The molecule has 0 aliphatic heterocycles. The molecule has 18 heavy (non-hydrogen) atoms. The summed E-state index contributed by atoms with van der Waals surface area (Å²) in [5.74, 6) is 0.454. The third kappa shape index (κ3) is 4.06. The van der Waals surface area contributed by atoms with Gasteiger partial charge in [0.2, 0.25) is 0 Å². The fourth-order valence-corrected chi connectivity index (χ4v) is 1.83. The van der Waals surface area contributed by atoms with Crippen LogP contribution in [0.15, 0.2) is 18.2 Å². The molecule has 1 unspecified atom stereocenters. The van der Waals surface area contributed by atoms with E-state index in [0.717, 1.165) is 24.2 Å². The molecule has 0 saturated carbocycles. The Balaban J connectivity index is 2.78. The van der Waals surface area contributed by atoms with E-state index in [9.17, 15) is 4.79 Å². The molecule has 1 atom stereocenters. The molecule has 3 nitrogen and oxygen atoms in total. The van der Waals surface area contributed by atoms with Crippen LogP contribution in [0.5, 0.6) is 5.75 Å². The Kier molecular flexibility index (Phi) is 5.69. The van der Waals surface area contributed by atoms with Gasteiger partial charge < -0.3 is 9.47 Å². The Morgan fingerprint density at radius 3 is 2.61 bits per heavy atom. The van der Waals surface area contributed by atoms with E-state index in [0.29, 0.717) is 6.42 Å². The minimum absolute atomic E-state index is 0.302. The highest BCUT2D eigenvalue weighted by Gasteiger charge is 2.21. The molecule has 0 spiro atoms. The van der Waals surface area contributed by atoms with Crippen molar-refractivity contribution in [2.24, 2.45) is 0 Å². The molecule has 0 aromatic heterocycles. The Bertz CT molecular complexity index is 399. The highest BCUT2D eigenvalue weighted by atomic mass is 16.6. The van der Waals surface area contributed by atoms with Crippen molar-refractivity contribution in [3.63, 3.8) is 0 Å². The maximum Gasteiger partial charge on any atom is 0.347 e. The first kappa shape index (κ1) is 14.6. The first-order valence-electron chi connectivity index (χ1n) is 6.40. The molecule has 1 aromatic carbocycles. The van der Waals surface area contributed by atoms with Crippen LogP contribution in [0, 0.1) is 13.8 Å². The molecule has 100 valence electrons. The van der Waals surface area contributed by atoms with E-state index in [1.54, 1.807) is 0 Å². The van der Waals surface area contributed by atoms with Crippen LogP contribution < -0.4 is 4.74 Å². The molecule has 0 radical (unpaired) electrons. The predicted molar refractivity (Wildman–Crippen MR) is 71.9 cm³/mol. The summed E-state index contributed by atoms with van der Waals surface area (Å²) in [4.78, 5) is 11.7. The Labute approximate surface area is 109 Å². The number of carbonyl (C=O) groups is 1. The first-order valence-corrected chi connectivity index (χ1v) is 6.40. The molecule has 0 heterocycles. The molecule has 0 aliphatic rings. The maximum absolute atomic E-state index is 11.7. The average molecular weight is 250 g/mol. The lowest BCUT2D eigenvalue weighted by Crippen LogP contribution is -2.28. The number of rotatable bonds is 6. The van der Waals surface area contributed by atoms with Crippen molar-refractivity contribution in [3.8, 4) is 5.75 Å². The van der Waals surface area contributed by atoms with Crippen molar-refractivity contribution >= 4 is 5.97 Å². The lowest BCUT2D eigenvalue weighted by Gasteiger charge is -2.18. The molecule has 0 aliphatic carbocycles. The standard InChI is InChI=1S/C15H22O3/c1-5-6-7-14(15(16)17-4)18-13-9-8-11(2)10-12(13)3/h8-10,14H,5-7H2,1-4H3. The van der Waals surface area contributed by atoms with E-state index in [4.69, 9.17) is 9.47 Å². The molecule has 0 amide bonds. The molecular weight excluding hydrogens is 228 g/mol. The van der Waals surface area contributed by atoms with Gasteiger partial charge in [0.05, 0.1) is 7.11 Å². The number of unbranched alkanes of at least 4 members (excludes halogenated alkanes) is 1. The number of benzene rings is 1. The third-order valence-corrected chi connectivity index (χ3v) is 2.88. The third-order valence-electron chi connectivity index (χ3n) is 2.88. The summed E-state index contributed by atoms with van der Waals surface area (Å²) < 4.78 is 10.6. The summed E-state index contributed by atoms with van der Waals surface area (Å²) in [6.45, 7) is 6.10. The quantitative estimate of drug-likeness (QED) is 0.726. The molecule has 0 fully saturated rings. The number of aryl methyl sites for hydroxylation is 2.